The molecule has 1 aliphatic heterocycles. The molecule has 0 radical (unpaired) electrons. The van der Waals surface area contributed by atoms with E-state index in [0.717, 1.165) is 12.8 Å². The average molecular weight is 256 g/mol. The van der Waals surface area contributed by atoms with Crippen molar-refractivity contribution in [1.82, 2.24) is 4.90 Å². The van der Waals surface area contributed by atoms with Gasteiger partial charge in [-0.05, 0) is 32.6 Å². The molecule has 1 rings (SSSR count). The Kier molecular flexibility index (Phi) is 4.73. The Bertz CT molecular complexity index is 328. The van der Waals surface area contributed by atoms with E-state index in [2.05, 4.69) is 6.92 Å². The van der Waals surface area contributed by atoms with Crippen LogP contribution in [0.15, 0.2) is 0 Å². The lowest BCUT2D eigenvalue weighted by Crippen LogP contribution is -2.55. The van der Waals surface area contributed by atoms with Crippen LogP contribution in [0.4, 0.5) is 0 Å². The number of carbonyl (C=O) groups is 2. The summed E-state index contributed by atoms with van der Waals surface area (Å²) in [7, 11) is 0. The number of nitrogens with zero attached hydrogens (tertiary/aromatic N) is 1. The Hall–Kier alpha value is -1.10. The normalized spacial score (nSPS) is 25.0. The van der Waals surface area contributed by atoms with Crippen LogP contribution >= 0.6 is 0 Å². The topological polar surface area (TPSA) is 83.6 Å². The standard InChI is InChI=1S/C13H24N2O3/c1-4-9-5-6-15(10(7-9)11(16)17)12(18)13(2,3)8-14/h9-10H,4-8,14H2,1-3H3,(H,16,17). The highest BCUT2D eigenvalue weighted by Crippen LogP contribution is 2.29. The molecule has 0 aromatic heterocycles. The lowest BCUT2D eigenvalue weighted by atomic mass is 9.85. The summed E-state index contributed by atoms with van der Waals surface area (Å²) in [6.07, 6.45) is 2.40. The van der Waals surface area contributed by atoms with Crippen LogP contribution in [0.25, 0.3) is 0 Å². The van der Waals surface area contributed by atoms with Crippen LogP contribution in [0.3, 0.4) is 0 Å². The van der Waals surface area contributed by atoms with E-state index >= 15 is 0 Å². The number of nitrogens with two attached hydrogens (primary N) is 1. The second kappa shape index (κ2) is 5.69. The molecule has 0 bridgehead atoms. The molecule has 0 saturated carbocycles. The fraction of sp³-hybridized carbons (Fsp3) is 0.846. The first-order chi connectivity index (χ1) is 8.33. The minimum Gasteiger partial charge on any atom is -0.480 e. The number of carboxylic acid groups (broad SMARTS) is 1. The largest absolute Gasteiger partial charge is 0.480 e. The van der Waals surface area contributed by atoms with Crippen molar-refractivity contribution in [3.8, 4) is 0 Å². The van der Waals surface area contributed by atoms with Gasteiger partial charge in [0.05, 0.1) is 5.41 Å². The Labute approximate surface area is 108 Å². The minimum atomic E-state index is -0.908. The van der Waals surface area contributed by atoms with E-state index in [9.17, 15) is 14.7 Å². The van der Waals surface area contributed by atoms with Crippen LogP contribution in [0.5, 0.6) is 0 Å². The van der Waals surface area contributed by atoms with E-state index in [-0.39, 0.29) is 12.5 Å². The van der Waals surface area contributed by atoms with Gasteiger partial charge in [0.25, 0.3) is 0 Å². The number of hydrogen-bond donors (Lipinski definition) is 2. The molecule has 104 valence electrons. The van der Waals surface area contributed by atoms with Gasteiger partial charge in [-0.15, -0.1) is 0 Å². The van der Waals surface area contributed by atoms with E-state index in [1.807, 2.05) is 0 Å². The third-order valence-electron chi connectivity index (χ3n) is 3.92. The molecule has 1 saturated heterocycles. The predicted octanol–water partition coefficient (Wildman–Crippen LogP) is 1.07. The van der Waals surface area contributed by atoms with E-state index in [1.165, 1.54) is 4.90 Å². The first-order valence-electron chi connectivity index (χ1n) is 6.57. The molecule has 5 heteroatoms. The highest BCUT2D eigenvalue weighted by atomic mass is 16.4. The van der Waals surface area contributed by atoms with Crippen LogP contribution in [0, 0.1) is 11.3 Å². The Balaban J connectivity index is 2.87. The van der Waals surface area contributed by atoms with Crippen molar-refractivity contribution in [2.24, 2.45) is 17.1 Å². The Morgan fingerprint density at radius 2 is 2.06 bits per heavy atom. The fourth-order valence-electron chi connectivity index (χ4n) is 2.36. The van der Waals surface area contributed by atoms with Crippen LogP contribution in [0.2, 0.25) is 0 Å². The van der Waals surface area contributed by atoms with Crippen molar-refractivity contribution < 1.29 is 14.7 Å². The van der Waals surface area contributed by atoms with Crippen molar-refractivity contribution in [3.05, 3.63) is 0 Å². The number of rotatable bonds is 4. The van der Waals surface area contributed by atoms with Gasteiger partial charge < -0.3 is 15.7 Å². The van der Waals surface area contributed by atoms with Gasteiger partial charge in [0.1, 0.15) is 6.04 Å². The summed E-state index contributed by atoms with van der Waals surface area (Å²) in [6, 6.07) is -0.693. The molecular formula is C13H24N2O3. The highest BCUT2D eigenvalue weighted by molar-refractivity contribution is 5.87. The number of hydrogen-bond acceptors (Lipinski definition) is 3. The molecule has 0 aliphatic carbocycles. The number of likely N-dealkylation sites (tertiary alicyclic amines) is 1. The molecule has 1 amide bonds. The van der Waals surface area contributed by atoms with Crippen LogP contribution in [0.1, 0.15) is 40.0 Å². The summed E-state index contributed by atoms with van der Waals surface area (Å²) in [6.45, 7) is 6.34. The molecule has 0 aromatic carbocycles. The molecule has 3 N–H and O–H groups in total. The van der Waals surface area contributed by atoms with E-state index in [0.29, 0.717) is 18.9 Å². The summed E-state index contributed by atoms with van der Waals surface area (Å²) >= 11 is 0. The van der Waals surface area contributed by atoms with Gasteiger partial charge in [-0.3, -0.25) is 4.79 Å². The van der Waals surface area contributed by atoms with Crippen molar-refractivity contribution in [3.63, 3.8) is 0 Å². The summed E-state index contributed by atoms with van der Waals surface area (Å²) < 4.78 is 0. The molecule has 2 atom stereocenters. The SMILES string of the molecule is CCC1CCN(C(=O)C(C)(C)CN)C(C(=O)O)C1. The fourth-order valence-corrected chi connectivity index (χ4v) is 2.36. The zero-order valence-electron chi connectivity index (χ0n) is 11.5. The molecule has 1 heterocycles. The van der Waals surface area contributed by atoms with Gasteiger partial charge in [-0.2, -0.15) is 0 Å². The first-order valence-corrected chi connectivity index (χ1v) is 6.57. The Morgan fingerprint density at radius 1 is 1.44 bits per heavy atom. The number of carboxylic acids is 1. The van der Waals surface area contributed by atoms with Gasteiger partial charge in [0.15, 0.2) is 0 Å². The molecule has 18 heavy (non-hydrogen) atoms. The number of amides is 1. The van der Waals surface area contributed by atoms with Crippen molar-refractivity contribution in [2.45, 2.75) is 46.1 Å². The first kappa shape index (κ1) is 15.0. The molecule has 0 spiro atoms. The molecule has 5 nitrogen and oxygen atoms in total. The monoisotopic (exact) mass is 256 g/mol. The lowest BCUT2D eigenvalue weighted by molar-refractivity contribution is -0.157. The summed E-state index contributed by atoms with van der Waals surface area (Å²) in [5, 5.41) is 9.28. The number of aliphatic carboxylic acids is 1. The average Bonchev–Trinajstić information content (AvgIpc) is 2.36. The van der Waals surface area contributed by atoms with Gasteiger partial charge >= 0.3 is 5.97 Å². The predicted molar refractivity (Wildman–Crippen MR) is 69.0 cm³/mol. The van der Waals surface area contributed by atoms with Gasteiger partial charge in [0, 0.05) is 13.1 Å². The molecule has 0 aromatic rings. The van der Waals surface area contributed by atoms with Crippen LogP contribution < -0.4 is 5.73 Å². The third kappa shape index (κ3) is 3.02. The van der Waals surface area contributed by atoms with E-state index in [4.69, 9.17) is 5.73 Å². The molecule has 2 unspecified atom stereocenters. The van der Waals surface area contributed by atoms with E-state index < -0.39 is 17.4 Å². The lowest BCUT2D eigenvalue weighted by Gasteiger charge is -2.40. The molecule has 1 aliphatic rings. The van der Waals surface area contributed by atoms with Crippen molar-refractivity contribution in [1.29, 1.82) is 0 Å². The van der Waals surface area contributed by atoms with Crippen molar-refractivity contribution in [2.75, 3.05) is 13.1 Å². The molecule has 1 fully saturated rings. The molecular weight excluding hydrogens is 232 g/mol. The van der Waals surface area contributed by atoms with Crippen LogP contribution in [-0.4, -0.2) is 41.0 Å². The number of piperidine rings is 1. The zero-order valence-corrected chi connectivity index (χ0v) is 11.5. The van der Waals surface area contributed by atoms with Crippen molar-refractivity contribution >= 4 is 11.9 Å². The quantitative estimate of drug-likeness (QED) is 0.788. The summed E-state index contributed by atoms with van der Waals surface area (Å²) in [5.41, 5.74) is 4.91. The third-order valence-corrected chi connectivity index (χ3v) is 3.92. The van der Waals surface area contributed by atoms with Gasteiger partial charge in [-0.25, -0.2) is 4.79 Å². The second-order valence-corrected chi connectivity index (χ2v) is 5.74. The minimum absolute atomic E-state index is 0.146. The van der Waals surface area contributed by atoms with E-state index in [1.54, 1.807) is 13.8 Å². The second-order valence-electron chi connectivity index (χ2n) is 5.74. The maximum atomic E-state index is 12.3. The highest BCUT2D eigenvalue weighted by Gasteiger charge is 2.40. The summed E-state index contributed by atoms with van der Waals surface area (Å²) in [4.78, 5) is 25.2. The van der Waals surface area contributed by atoms with Gasteiger partial charge in [0.2, 0.25) is 5.91 Å². The van der Waals surface area contributed by atoms with Gasteiger partial charge in [-0.1, -0.05) is 13.3 Å². The smallest absolute Gasteiger partial charge is 0.326 e. The summed E-state index contributed by atoms with van der Waals surface area (Å²) in [5.74, 6) is -0.655. The maximum absolute atomic E-state index is 12.3. The Morgan fingerprint density at radius 3 is 2.50 bits per heavy atom. The van der Waals surface area contributed by atoms with Crippen LogP contribution in [-0.2, 0) is 9.59 Å². The number of carbonyl (C=O) groups excluding carboxylic acids is 1. The zero-order chi connectivity index (χ0) is 13.9. The maximum Gasteiger partial charge on any atom is 0.326 e.